The number of carbonyl (C=O) groups is 2. The molecule has 1 N–H and O–H groups in total. The number of para-hydroxylation sites is 1. The zero-order valence-electron chi connectivity index (χ0n) is 20.7. The number of ketones is 1. The molecule has 0 aliphatic heterocycles. The van der Waals surface area contributed by atoms with Gasteiger partial charge in [-0.2, -0.15) is 0 Å². The van der Waals surface area contributed by atoms with Gasteiger partial charge in [-0.3, -0.25) is 20.0 Å². The van der Waals surface area contributed by atoms with Crippen LogP contribution in [0, 0.1) is 5.41 Å². The summed E-state index contributed by atoms with van der Waals surface area (Å²) in [6.45, 7) is 0.927. The van der Waals surface area contributed by atoms with E-state index >= 15 is 0 Å². The molecule has 2 aromatic heterocycles. The number of carbonyl (C=O) groups excluding carboxylic acids is 2. The number of pyridine rings is 1. The summed E-state index contributed by atoms with van der Waals surface area (Å²) < 4.78 is 3.46. The van der Waals surface area contributed by atoms with Crippen LogP contribution in [-0.2, 0) is 13.1 Å². The number of imidazole rings is 1. The van der Waals surface area contributed by atoms with E-state index in [1.165, 1.54) is 0 Å². The molecule has 192 valence electrons. The molecule has 0 atom stereocenters. The Kier molecular flexibility index (Phi) is 7.31. The molecule has 0 bridgehead atoms. The molecule has 0 saturated carbocycles. The lowest BCUT2D eigenvalue weighted by Crippen LogP contribution is -2.31. The Bertz CT molecular complexity index is 1720. The van der Waals surface area contributed by atoms with E-state index < -0.39 is 0 Å². The average molecular weight is 546 g/mol. The smallest absolute Gasteiger partial charge is 0.254 e. The van der Waals surface area contributed by atoms with Crippen molar-refractivity contribution >= 4 is 56.8 Å². The molecule has 5 rings (SSSR count). The van der Waals surface area contributed by atoms with Crippen LogP contribution in [0.15, 0.2) is 79.0 Å². The monoisotopic (exact) mass is 545 g/mol. The van der Waals surface area contributed by atoms with Crippen molar-refractivity contribution in [2.24, 2.45) is 0 Å². The standard InChI is InChI=1S/C29H25Cl2N5O2/c1-34(28(38)22-6-2-9-24-21(22)7-4-15-33-24)16-5-17-35-27-23(31)8-3-10-25(27)36(29(35)32)18-26(37)19-11-13-20(30)14-12-19/h2-4,6-15,32H,5,16-18H2,1H3. The number of hydrogen-bond donors (Lipinski definition) is 1. The molecule has 38 heavy (non-hydrogen) atoms. The Morgan fingerprint density at radius 3 is 2.50 bits per heavy atom. The summed E-state index contributed by atoms with van der Waals surface area (Å²) in [6, 6.07) is 21.4. The maximum atomic E-state index is 13.2. The molecule has 7 nitrogen and oxygen atoms in total. The quantitative estimate of drug-likeness (QED) is 0.249. The third-order valence-electron chi connectivity index (χ3n) is 6.60. The molecule has 9 heteroatoms. The number of nitrogens with zero attached hydrogens (tertiary/aromatic N) is 4. The second-order valence-electron chi connectivity index (χ2n) is 9.05. The van der Waals surface area contributed by atoms with Crippen molar-refractivity contribution in [2.45, 2.75) is 19.5 Å². The molecule has 5 aromatic rings. The number of aryl methyl sites for hydroxylation is 1. The summed E-state index contributed by atoms with van der Waals surface area (Å²) in [6.07, 6.45) is 2.30. The van der Waals surface area contributed by atoms with Crippen LogP contribution in [0.4, 0.5) is 0 Å². The van der Waals surface area contributed by atoms with Gasteiger partial charge in [-0.15, -0.1) is 0 Å². The molecular formula is C29H25Cl2N5O2. The van der Waals surface area contributed by atoms with Gasteiger partial charge in [0.1, 0.15) is 0 Å². The molecule has 0 aliphatic rings. The van der Waals surface area contributed by atoms with Crippen LogP contribution in [0.25, 0.3) is 21.9 Å². The lowest BCUT2D eigenvalue weighted by atomic mass is 10.1. The molecule has 0 spiro atoms. The van der Waals surface area contributed by atoms with Gasteiger partial charge in [-0.05, 0) is 61.0 Å². The summed E-state index contributed by atoms with van der Waals surface area (Å²) in [4.78, 5) is 32.2. The number of hydrogen-bond acceptors (Lipinski definition) is 4. The van der Waals surface area contributed by atoms with E-state index in [1.807, 2.05) is 42.5 Å². The molecule has 0 radical (unpaired) electrons. The minimum atomic E-state index is -0.130. The van der Waals surface area contributed by atoms with Crippen LogP contribution in [-0.4, -0.2) is 44.3 Å². The third-order valence-corrected chi connectivity index (χ3v) is 7.16. The number of fused-ring (bicyclic) bond motifs is 2. The Morgan fingerprint density at radius 2 is 1.71 bits per heavy atom. The minimum absolute atomic E-state index is 0.00217. The minimum Gasteiger partial charge on any atom is -0.342 e. The van der Waals surface area contributed by atoms with Gasteiger partial charge in [0.15, 0.2) is 5.78 Å². The van der Waals surface area contributed by atoms with E-state index in [2.05, 4.69) is 4.98 Å². The van der Waals surface area contributed by atoms with E-state index in [1.54, 1.807) is 57.6 Å². The fourth-order valence-electron chi connectivity index (χ4n) is 4.67. The van der Waals surface area contributed by atoms with Crippen molar-refractivity contribution in [1.82, 2.24) is 19.0 Å². The highest BCUT2D eigenvalue weighted by Crippen LogP contribution is 2.24. The van der Waals surface area contributed by atoms with Crippen LogP contribution >= 0.6 is 23.2 Å². The molecule has 1 amide bonds. The molecule has 0 aliphatic carbocycles. The van der Waals surface area contributed by atoms with Crippen molar-refractivity contribution in [3.05, 3.63) is 106 Å². The van der Waals surface area contributed by atoms with Gasteiger partial charge < -0.3 is 14.0 Å². The van der Waals surface area contributed by atoms with E-state index in [4.69, 9.17) is 28.6 Å². The van der Waals surface area contributed by atoms with Crippen LogP contribution in [0.3, 0.4) is 0 Å². The molecule has 0 saturated heterocycles. The van der Waals surface area contributed by atoms with Crippen molar-refractivity contribution in [3.63, 3.8) is 0 Å². The number of amides is 1. The lowest BCUT2D eigenvalue weighted by molar-refractivity contribution is 0.0793. The van der Waals surface area contributed by atoms with Gasteiger partial charge in [0.25, 0.3) is 5.91 Å². The van der Waals surface area contributed by atoms with Crippen molar-refractivity contribution in [3.8, 4) is 0 Å². The Hall–Kier alpha value is -3.94. The highest BCUT2D eigenvalue weighted by atomic mass is 35.5. The fourth-order valence-corrected chi connectivity index (χ4v) is 5.06. The zero-order valence-corrected chi connectivity index (χ0v) is 22.2. The summed E-state index contributed by atoms with van der Waals surface area (Å²) in [5, 5.41) is 10.7. The predicted molar refractivity (Wildman–Crippen MR) is 150 cm³/mol. The van der Waals surface area contributed by atoms with Crippen molar-refractivity contribution < 1.29 is 9.59 Å². The van der Waals surface area contributed by atoms with Crippen molar-refractivity contribution in [2.75, 3.05) is 13.6 Å². The van der Waals surface area contributed by atoms with Gasteiger partial charge in [-0.1, -0.05) is 41.4 Å². The first kappa shape index (κ1) is 25.7. The largest absolute Gasteiger partial charge is 0.342 e. The maximum absolute atomic E-state index is 13.2. The van der Waals surface area contributed by atoms with Crippen LogP contribution in [0.5, 0.6) is 0 Å². The van der Waals surface area contributed by atoms with Gasteiger partial charge in [-0.25, -0.2) is 0 Å². The van der Waals surface area contributed by atoms with Gasteiger partial charge in [0.2, 0.25) is 5.62 Å². The van der Waals surface area contributed by atoms with Crippen LogP contribution in [0.1, 0.15) is 27.1 Å². The average Bonchev–Trinajstić information content (AvgIpc) is 3.19. The Morgan fingerprint density at radius 1 is 0.947 bits per heavy atom. The van der Waals surface area contributed by atoms with E-state index in [-0.39, 0.29) is 23.9 Å². The second kappa shape index (κ2) is 10.8. The van der Waals surface area contributed by atoms with Gasteiger partial charge in [0, 0.05) is 47.9 Å². The number of aromatic nitrogens is 3. The molecular weight excluding hydrogens is 521 g/mol. The predicted octanol–water partition coefficient (Wildman–Crippen LogP) is 5.82. The molecule has 3 aromatic carbocycles. The van der Waals surface area contributed by atoms with Crippen molar-refractivity contribution in [1.29, 1.82) is 5.41 Å². The summed E-state index contributed by atoms with van der Waals surface area (Å²) in [5.41, 5.74) is 3.47. The highest BCUT2D eigenvalue weighted by Gasteiger charge is 2.18. The van der Waals surface area contributed by atoms with Crippen LogP contribution in [0.2, 0.25) is 10.0 Å². The number of benzene rings is 3. The Labute approximate surface area is 229 Å². The molecule has 0 fully saturated rings. The lowest BCUT2D eigenvalue weighted by Gasteiger charge is -2.18. The van der Waals surface area contributed by atoms with E-state index in [0.29, 0.717) is 51.7 Å². The van der Waals surface area contributed by atoms with E-state index in [9.17, 15) is 9.59 Å². The topological polar surface area (TPSA) is 84.0 Å². The number of halogens is 2. The number of nitrogens with one attached hydrogen (secondary N) is 1. The fraction of sp³-hybridized carbons (Fsp3) is 0.172. The molecule has 0 unspecified atom stereocenters. The maximum Gasteiger partial charge on any atom is 0.254 e. The zero-order chi connectivity index (χ0) is 26.8. The number of Topliss-reactive ketones (excluding diaryl/α,β-unsaturated/α-hetero) is 1. The normalized spacial score (nSPS) is 11.2. The first-order chi connectivity index (χ1) is 18.3. The SMILES string of the molecule is CN(CCCn1c(=N)n(CC(=O)c2ccc(Cl)cc2)c2cccc(Cl)c21)C(=O)c1cccc2ncccc12. The third kappa shape index (κ3) is 4.95. The van der Waals surface area contributed by atoms with Gasteiger partial charge in [0.05, 0.1) is 28.1 Å². The first-order valence-corrected chi connectivity index (χ1v) is 12.9. The molecule has 2 heterocycles. The van der Waals surface area contributed by atoms with Gasteiger partial charge >= 0.3 is 0 Å². The van der Waals surface area contributed by atoms with E-state index in [0.717, 1.165) is 10.9 Å². The highest BCUT2D eigenvalue weighted by molar-refractivity contribution is 6.35. The Balaban J connectivity index is 1.36. The number of rotatable bonds is 8. The summed E-state index contributed by atoms with van der Waals surface area (Å²) >= 11 is 12.5. The first-order valence-electron chi connectivity index (χ1n) is 12.2. The van der Waals surface area contributed by atoms with Crippen LogP contribution < -0.4 is 5.62 Å². The summed E-state index contributed by atoms with van der Waals surface area (Å²) in [7, 11) is 1.77. The summed E-state index contributed by atoms with van der Waals surface area (Å²) in [5.74, 6) is -0.220. The second-order valence-corrected chi connectivity index (χ2v) is 9.90.